The average Bonchev–Trinajstić information content (AvgIpc) is 3.02. The number of aromatic nitrogens is 1. The number of imide groups is 1. The van der Waals surface area contributed by atoms with Gasteiger partial charge in [0.15, 0.2) is 0 Å². The molecule has 9 heteroatoms. The van der Waals surface area contributed by atoms with Gasteiger partial charge in [-0.2, -0.15) is 0 Å². The smallest absolute Gasteiger partial charge is 0.320 e. The molecule has 1 atom stereocenters. The first-order valence-electron chi connectivity index (χ1n) is 9.64. The van der Waals surface area contributed by atoms with E-state index in [-0.39, 0.29) is 30.8 Å². The Morgan fingerprint density at radius 1 is 1.23 bits per heavy atom. The first-order chi connectivity index (χ1) is 14.4. The lowest BCUT2D eigenvalue weighted by molar-refractivity contribution is -0.136. The van der Waals surface area contributed by atoms with E-state index in [0.717, 1.165) is 16.7 Å². The third-order valence-corrected chi connectivity index (χ3v) is 5.20. The van der Waals surface area contributed by atoms with Gasteiger partial charge in [-0.25, -0.2) is 9.78 Å². The highest BCUT2D eigenvalue weighted by atomic mass is 16.2. The van der Waals surface area contributed by atoms with Crippen molar-refractivity contribution in [2.75, 3.05) is 5.32 Å². The second-order valence-electron chi connectivity index (χ2n) is 7.42. The first kappa shape index (κ1) is 19.6. The van der Waals surface area contributed by atoms with Crippen molar-refractivity contribution in [3.05, 3.63) is 58.8 Å². The number of aryl methyl sites for hydroxylation is 1. The molecule has 9 nitrogen and oxygen atoms in total. The fourth-order valence-electron chi connectivity index (χ4n) is 3.69. The summed E-state index contributed by atoms with van der Waals surface area (Å²) >= 11 is 0. The largest absolute Gasteiger partial charge is 0.334 e. The van der Waals surface area contributed by atoms with Crippen LogP contribution in [0.1, 0.15) is 39.9 Å². The van der Waals surface area contributed by atoms with Crippen molar-refractivity contribution in [2.24, 2.45) is 0 Å². The van der Waals surface area contributed by atoms with E-state index in [2.05, 4.69) is 20.9 Å². The minimum absolute atomic E-state index is 0.219. The summed E-state index contributed by atoms with van der Waals surface area (Å²) in [6, 6.07) is 7.92. The molecule has 0 radical (unpaired) electrons. The van der Waals surface area contributed by atoms with E-state index in [4.69, 9.17) is 0 Å². The van der Waals surface area contributed by atoms with E-state index in [9.17, 15) is 19.2 Å². The Labute approximate surface area is 172 Å². The minimum atomic E-state index is -0.642. The number of rotatable bonds is 4. The predicted molar refractivity (Wildman–Crippen MR) is 107 cm³/mol. The van der Waals surface area contributed by atoms with Crippen LogP contribution in [-0.4, -0.2) is 39.7 Å². The summed E-state index contributed by atoms with van der Waals surface area (Å²) in [6.45, 7) is 2.49. The number of urea groups is 1. The molecular formula is C21H21N5O4. The van der Waals surface area contributed by atoms with Crippen LogP contribution in [0.15, 0.2) is 36.5 Å². The van der Waals surface area contributed by atoms with Gasteiger partial charge in [-0.3, -0.25) is 25.0 Å². The van der Waals surface area contributed by atoms with Gasteiger partial charge < -0.3 is 10.2 Å². The summed E-state index contributed by atoms with van der Waals surface area (Å²) in [6.07, 6.45) is 2.17. The molecule has 0 saturated carbocycles. The number of carbonyl (C=O) groups excluding carboxylic acids is 4. The molecule has 5 amide bonds. The van der Waals surface area contributed by atoms with Crippen LogP contribution in [0.3, 0.4) is 0 Å². The van der Waals surface area contributed by atoms with E-state index in [1.807, 2.05) is 19.1 Å². The molecule has 1 unspecified atom stereocenters. The zero-order valence-corrected chi connectivity index (χ0v) is 16.4. The van der Waals surface area contributed by atoms with Gasteiger partial charge in [-0.05, 0) is 48.2 Å². The second-order valence-corrected chi connectivity index (χ2v) is 7.42. The number of hydrogen-bond donors (Lipinski definition) is 3. The summed E-state index contributed by atoms with van der Waals surface area (Å²) in [5.41, 5.74) is 3.16. The molecule has 1 saturated heterocycles. The summed E-state index contributed by atoms with van der Waals surface area (Å²) in [5, 5.41) is 7.73. The van der Waals surface area contributed by atoms with Crippen LogP contribution in [0.2, 0.25) is 0 Å². The van der Waals surface area contributed by atoms with Crippen LogP contribution >= 0.6 is 0 Å². The lowest BCUT2D eigenvalue weighted by atomic mass is 10.0. The Kier molecular flexibility index (Phi) is 5.18. The summed E-state index contributed by atoms with van der Waals surface area (Å²) in [7, 11) is 0. The van der Waals surface area contributed by atoms with Gasteiger partial charge in [0.2, 0.25) is 11.8 Å². The molecule has 3 N–H and O–H groups in total. The van der Waals surface area contributed by atoms with Crippen molar-refractivity contribution in [2.45, 2.75) is 38.9 Å². The number of amides is 5. The Morgan fingerprint density at radius 2 is 2.07 bits per heavy atom. The molecule has 4 rings (SSSR count). The normalized spacial score (nSPS) is 18.1. The van der Waals surface area contributed by atoms with E-state index >= 15 is 0 Å². The van der Waals surface area contributed by atoms with Crippen molar-refractivity contribution < 1.29 is 19.2 Å². The maximum absolute atomic E-state index is 12.7. The number of nitrogens with zero attached hydrogens (tertiary/aromatic N) is 2. The molecule has 2 aliphatic heterocycles. The van der Waals surface area contributed by atoms with Gasteiger partial charge >= 0.3 is 6.03 Å². The fourth-order valence-corrected chi connectivity index (χ4v) is 3.69. The van der Waals surface area contributed by atoms with Crippen molar-refractivity contribution in [3.63, 3.8) is 0 Å². The highest BCUT2D eigenvalue weighted by molar-refractivity contribution is 6.05. The average molecular weight is 407 g/mol. The molecule has 2 aromatic rings. The van der Waals surface area contributed by atoms with Gasteiger partial charge in [0, 0.05) is 31.3 Å². The SMILES string of the molecule is Cc1ccnc(NC(=O)NCc2ccc3c(c2)CN(C2CCC(=O)NC2=O)C3=O)c1. The maximum atomic E-state index is 12.7. The zero-order valence-electron chi connectivity index (χ0n) is 16.4. The predicted octanol–water partition coefficient (Wildman–Crippen LogP) is 1.47. The van der Waals surface area contributed by atoms with Gasteiger partial charge in [0.1, 0.15) is 11.9 Å². The summed E-state index contributed by atoms with van der Waals surface area (Å²) < 4.78 is 0. The van der Waals surface area contributed by atoms with Crippen LogP contribution < -0.4 is 16.0 Å². The first-order valence-corrected chi connectivity index (χ1v) is 9.64. The van der Waals surface area contributed by atoms with Gasteiger partial charge in [-0.1, -0.05) is 12.1 Å². The molecule has 0 spiro atoms. The zero-order chi connectivity index (χ0) is 21.3. The molecule has 1 aromatic heterocycles. The number of carbonyl (C=O) groups is 4. The number of nitrogens with one attached hydrogen (secondary N) is 3. The molecule has 1 fully saturated rings. The van der Waals surface area contributed by atoms with Crippen LogP contribution in [0.25, 0.3) is 0 Å². The monoisotopic (exact) mass is 407 g/mol. The quantitative estimate of drug-likeness (QED) is 0.663. The van der Waals surface area contributed by atoms with Gasteiger partial charge in [-0.15, -0.1) is 0 Å². The maximum Gasteiger partial charge on any atom is 0.320 e. The van der Waals surface area contributed by atoms with Crippen molar-refractivity contribution in [1.29, 1.82) is 0 Å². The lowest BCUT2D eigenvalue weighted by Crippen LogP contribution is -2.52. The molecule has 1 aromatic carbocycles. The van der Waals surface area contributed by atoms with Gasteiger partial charge in [0.05, 0.1) is 0 Å². The molecular weight excluding hydrogens is 386 g/mol. The van der Waals surface area contributed by atoms with Crippen molar-refractivity contribution in [1.82, 2.24) is 20.5 Å². The van der Waals surface area contributed by atoms with Crippen LogP contribution in [0, 0.1) is 6.92 Å². The molecule has 0 bridgehead atoms. The molecule has 0 aliphatic carbocycles. The number of pyridine rings is 1. The Balaban J connectivity index is 1.38. The van der Waals surface area contributed by atoms with E-state index in [1.165, 1.54) is 4.90 Å². The highest BCUT2D eigenvalue weighted by Gasteiger charge is 2.39. The number of hydrogen-bond acceptors (Lipinski definition) is 5. The Morgan fingerprint density at radius 3 is 2.83 bits per heavy atom. The third-order valence-electron chi connectivity index (χ3n) is 5.20. The van der Waals surface area contributed by atoms with Crippen molar-refractivity contribution >= 4 is 29.6 Å². The number of benzene rings is 1. The molecule has 3 heterocycles. The Hall–Kier alpha value is -3.75. The number of fused-ring (bicyclic) bond motifs is 1. The Bertz CT molecular complexity index is 1050. The topological polar surface area (TPSA) is 120 Å². The summed E-state index contributed by atoms with van der Waals surface area (Å²) in [5.74, 6) is -0.502. The minimum Gasteiger partial charge on any atom is -0.334 e. The third kappa shape index (κ3) is 4.00. The molecule has 2 aliphatic rings. The van der Waals surface area contributed by atoms with E-state index in [1.54, 1.807) is 24.4 Å². The fraction of sp³-hybridized carbons (Fsp3) is 0.286. The molecule has 154 valence electrons. The molecule has 30 heavy (non-hydrogen) atoms. The standard InChI is InChI=1S/C21H21N5O4/c1-12-6-7-22-17(8-12)24-21(30)23-10-13-2-3-15-14(9-13)11-26(20(15)29)16-4-5-18(27)25-19(16)28/h2-3,6-9,16H,4-5,10-11H2,1H3,(H,25,27,28)(H2,22,23,24,30). The van der Waals surface area contributed by atoms with E-state index in [0.29, 0.717) is 24.3 Å². The van der Waals surface area contributed by atoms with Crippen LogP contribution in [0.4, 0.5) is 10.6 Å². The van der Waals surface area contributed by atoms with Gasteiger partial charge in [0.25, 0.3) is 5.91 Å². The number of anilines is 1. The summed E-state index contributed by atoms with van der Waals surface area (Å²) in [4.78, 5) is 53.9. The highest BCUT2D eigenvalue weighted by Crippen LogP contribution is 2.28. The number of piperidine rings is 1. The van der Waals surface area contributed by atoms with E-state index < -0.39 is 11.9 Å². The van der Waals surface area contributed by atoms with Crippen LogP contribution in [-0.2, 0) is 22.7 Å². The lowest BCUT2D eigenvalue weighted by Gasteiger charge is -2.29. The van der Waals surface area contributed by atoms with Crippen molar-refractivity contribution in [3.8, 4) is 0 Å². The second kappa shape index (κ2) is 7.94. The van der Waals surface area contributed by atoms with Crippen LogP contribution in [0.5, 0.6) is 0 Å².